The molecule has 2 atom stereocenters. The summed E-state index contributed by atoms with van der Waals surface area (Å²) in [5.74, 6) is -0.506. The molecule has 1 aliphatic heterocycles. The number of amides is 2. The van der Waals surface area contributed by atoms with Gasteiger partial charge in [0, 0.05) is 12.5 Å². The summed E-state index contributed by atoms with van der Waals surface area (Å²) >= 11 is 0. The van der Waals surface area contributed by atoms with Crippen molar-refractivity contribution in [1.29, 1.82) is 0 Å². The molecular weight excluding hydrogens is 299 g/mol. The Bertz CT molecular complexity index is 619. The Balaban J connectivity index is 2.08. The van der Waals surface area contributed by atoms with E-state index in [0.29, 0.717) is 12.1 Å². The van der Waals surface area contributed by atoms with Gasteiger partial charge in [-0.3, -0.25) is 9.69 Å². The van der Waals surface area contributed by atoms with Gasteiger partial charge in [-0.1, -0.05) is 24.3 Å². The van der Waals surface area contributed by atoms with Crippen LogP contribution < -0.4 is 5.32 Å². The summed E-state index contributed by atoms with van der Waals surface area (Å²) < 4.78 is 19.3. The lowest BCUT2D eigenvalue weighted by molar-refractivity contribution is -0.119. The van der Waals surface area contributed by atoms with Crippen molar-refractivity contribution in [2.45, 2.75) is 32.9 Å². The summed E-state index contributed by atoms with van der Waals surface area (Å²) in [5.41, 5.74) is 1.34. The molecule has 0 radical (unpaired) electrons. The number of allylic oxidation sites excluding steroid dienone is 6. The second-order valence-electron chi connectivity index (χ2n) is 5.54. The highest BCUT2D eigenvalue weighted by atomic mass is 19.1. The topological polar surface area (TPSA) is 58.6 Å². The third-order valence-electron chi connectivity index (χ3n) is 3.86. The van der Waals surface area contributed by atoms with E-state index in [1.165, 1.54) is 17.9 Å². The van der Waals surface area contributed by atoms with Gasteiger partial charge in [0.25, 0.3) is 0 Å². The Morgan fingerprint density at radius 1 is 1.43 bits per heavy atom. The third kappa shape index (κ3) is 4.09. The fraction of sp³-hybridized carbons (Fsp3) is 0.412. The number of hydrogen-bond donors (Lipinski definition) is 1. The van der Waals surface area contributed by atoms with Crippen molar-refractivity contribution in [2.24, 2.45) is 0 Å². The normalized spacial score (nSPS) is 24.8. The molecule has 6 heteroatoms. The molecule has 2 unspecified atom stereocenters. The molecule has 1 N–H and O–H groups in total. The minimum atomic E-state index is -0.466. The zero-order chi connectivity index (χ0) is 17.0. The number of nitrogens with one attached hydrogen (secondary N) is 1. The van der Waals surface area contributed by atoms with Gasteiger partial charge in [0.15, 0.2) is 0 Å². The largest absolute Gasteiger partial charge is 0.442 e. The van der Waals surface area contributed by atoms with Crippen LogP contribution in [0.25, 0.3) is 0 Å². The molecule has 2 rings (SSSR count). The van der Waals surface area contributed by atoms with Gasteiger partial charge < -0.3 is 10.1 Å². The summed E-state index contributed by atoms with van der Waals surface area (Å²) in [4.78, 5) is 24.4. The van der Waals surface area contributed by atoms with Gasteiger partial charge >= 0.3 is 6.09 Å². The Morgan fingerprint density at radius 3 is 2.78 bits per heavy atom. The lowest BCUT2D eigenvalue weighted by Gasteiger charge is -2.19. The van der Waals surface area contributed by atoms with Crippen LogP contribution in [0.2, 0.25) is 0 Å². The Labute approximate surface area is 135 Å². The SMILES string of the molecule is C/C=C(\C)C1=C(F)C=CC(N2CC(CNC(C)=O)OC2=O)C=C1. The van der Waals surface area contributed by atoms with Crippen LogP contribution in [0.1, 0.15) is 20.8 Å². The molecule has 0 aromatic rings. The van der Waals surface area contributed by atoms with E-state index in [1.807, 2.05) is 19.9 Å². The molecule has 23 heavy (non-hydrogen) atoms. The number of carbonyl (C=O) groups excluding carboxylic acids is 2. The average molecular weight is 320 g/mol. The first-order valence-corrected chi connectivity index (χ1v) is 7.53. The summed E-state index contributed by atoms with van der Waals surface area (Å²) in [6.45, 7) is 5.71. The summed E-state index contributed by atoms with van der Waals surface area (Å²) in [6.07, 6.45) is 7.43. The second-order valence-corrected chi connectivity index (χ2v) is 5.54. The zero-order valence-electron chi connectivity index (χ0n) is 13.5. The predicted molar refractivity (Wildman–Crippen MR) is 85.3 cm³/mol. The van der Waals surface area contributed by atoms with Crippen LogP contribution in [0.4, 0.5) is 9.18 Å². The van der Waals surface area contributed by atoms with Crippen molar-refractivity contribution < 1.29 is 18.7 Å². The molecule has 0 spiro atoms. The molecule has 2 aliphatic rings. The molecule has 5 nitrogen and oxygen atoms in total. The van der Waals surface area contributed by atoms with Crippen LogP contribution in [0.5, 0.6) is 0 Å². The molecule has 0 saturated carbocycles. The molecular formula is C17H21FN2O3. The Morgan fingerprint density at radius 2 is 2.13 bits per heavy atom. The van der Waals surface area contributed by atoms with E-state index in [0.717, 1.165) is 5.57 Å². The van der Waals surface area contributed by atoms with Crippen LogP contribution >= 0.6 is 0 Å². The van der Waals surface area contributed by atoms with E-state index in [1.54, 1.807) is 18.2 Å². The smallest absolute Gasteiger partial charge is 0.411 e. The van der Waals surface area contributed by atoms with Crippen molar-refractivity contribution in [3.63, 3.8) is 0 Å². The minimum absolute atomic E-state index is 0.175. The van der Waals surface area contributed by atoms with Gasteiger partial charge in [0.2, 0.25) is 5.91 Å². The summed E-state index contributed by atoms with van der Waals surface area (Å²) in [6, 6.07) is -0.377. The number of rotatable bonds is 4. The van der Waals surface area contributed by atoms with E-state index in [9.17, 15) is 14.0 Å². The maximum absolute atomic E-state index is 14.1. The van der Waals surface area contributed by atoms with Crippen LogP contribution in [0.3, 0.4) is 0 Å². The third-order valence-corrected chi connectivity index (χ3v) is 3.86. The monoisotopic (exact) mass is 320 g/mol. The van der Waals surface area contributed by atoms with Crippen molar-refractivity contribution in [2.75, 3.05) is 13.1 Å². The number of ether oxygens (including phenoxy) is 1. The average Bonchev–Trinajstić information content (AvgIpc) is 2.77. The van der Waals surface area contributed by atoms with E-state index < -0.39 is 12.2 Å². The van der Waals surface area contributed by atoms with Gasteiger partial charge in [0.1, 0.15) is 11.9 Å². The first-order chi connectivity index (χ1) is 10.9. The second kappa shape index (κ2) is 7.26. The molecule has 1 saturated heterocycles. The molecule has 1 aliphatic carbocycles. The van der Waals surface area contributed by atoms with E-state index in [2.05, 4.69) is 5.32 Å². The zero-order valence-corrected chi connectivity index (χ0v) is 13.5. The van der Waals surface area contributed by atoms with Gasteiger partial charge in [0.05, 0.1) is 19.1 Å². The lowest BCUT2D eigenvalue weighted by Crippen LogP contribution is -2.36. The molecule has 0 aromatic carbocycles. The summed E-state index contributed by atoms with van der Waals surface area (Å²) in [7, 11) is 0. The van der Waals surface area contributed by atoms with Gasteiger partial charge in [-0.2, -0.15) is 0 Å². The molecule has 124 valence electrons. The van der Waals surface area contributed by atoms with E-state index in [4.69, 9.17) is 4.74 Å². The minimum Gasteiger partial charge on any atom is -0.442 e. The number of carbonyl (C=O) groups is 2. The van der Waals surface area contributed by atoms with Crippen LogP contribution in [-0.4, -0.2) is 42.1 Å². The number of halogens is 1. The summed E-state index contributed by atoms with van der Waals surface area (Å²) in [5, 5.41) is 2.63. The van der Waals surface area contributed by atoms with Crippen LogP contribution in [0.15, 0.2) is 47.4 Å². The first-order valence-electron chi connectivity index (χ1n) is 7.53. The quantitative estimate of drug-likeness (QED) is 0.866. The standard InChI is InChI=1S/C17H21FN2O3/c1-4-11(2)15-7-5-13(6-8-16(15)18)20-10-14(23-17(20)22)9-19-12(3)21/h4-8,13-14H,9-10H2,1-3H3,(H,19,21)/b11-4+. The van der Waals surface area contributed by atoms with Crippen molar-refractivity contribution in [3.8, 4) is 0 Å². The fourth-order valence-corrected chi connectivity index (χ4v) is 2.44. The highest BCUT2D eigenvalue weighted by Crippen LogP contribution is 2.24. The highest BCUT2D eigenvalue weighted by Gasteiger charge is 2.34. The van der Waals surface area contributed by atoms with Crippen LogP contribution in [0, 0.1) is 0 Å². The molecule has 1 fully saturated rings. The van der Waals surface area contributed by atoms with Crippen molar-refractivity contribution in [3.05, 3.63) is 47.4 Å². The van der Waals surface area contributed by atoms with Gasteiger partial charge in [-0.25, -0.2) is 9.18 Å². The van der Waals surface area contributed by atoms with Crippen molar-refractivity contribution in [1.82, 2.24) is 10.2 Å². The van der Waals surface area contributed by atoms with Gasteiger partial charge in [-0.05, 0) is 25.5 Å². The van der Waals surface area contributed by atoms with E-state index >= 15 is 0 Å². The molecule has 2 amide bonds. The van der Waals surface area contributed by atoms with Crippen molar-refractivity contribution >= 4 is 12.0 Å². The van der Waals surface area contributed by atoms with Gasteiger partial charge in [-0.15, -0.1) is 0 Å². The lowest BCUT2D eigenvalue weighted by atomic mass is 10.1. The Hall–Kier alpha value is -2.37. The number of nitrogens with zero attached hydrogens (tertiary/aromatic N) is 1. The number of cyclic esters (lactones) is 1. The first kappa shape index (κ1) is 17.0. The van der Waals surface area contributed by atoms with E-state index in [-0.39, 0.29) is 24.3 Å². The Kier molecular flexibility index (Phi) is 5.36. The molecule has 0 aromatic heterocycles. The predicted octanol–water partition coefficient (Wildman–Crippen LogP) is 2.63. The molecule has 1 heterocycles. The fourth-order valence-electron chi connectivity index (χ4n) is 2.44. The number of hydrogen-bond acceptors (Lipinski definition) is 3. The maximum atomic E-state index is 14.1. The van der Waals surface area contributed by atoms with Crippen LogP contribution in [-0.2, 0) is 9.53 Å². The highest BCUT2D eigenvalue weighted by molar-refractivity contribution is 5.73. The molecule has 0 bridgehead atoms. The maximum Gasteiger partial charge on any atom is 0.411 e.